The van der Waals surface area contributed by atoms with E-state index in [1.54, 1.807) is 0 Å². The molecule has 0 aliphatic heterocycles. The van der Waals surface area contributed by atoms with Gasteiger partial charge in [0.2, 0.25) is 0 Å². The van der Waals surface area contributed by atoms with Gasteiger partial charge in [-0.3, -0.25) is 4.79 Å². The molecule has 1 aliphatic rings. The van der Waals surface area contributed by atoms with Crippen LogP contribution >= 0.6 is 0 Å². The maximum atomic E-state index is 11.9. The van der Waals surface area contributed by atoms with Crippen LogP contribution in [0.2, 0.25) is 0 Å². The summed E-state index contributed by atoms with van der Waals surface area (Å²) in [6, 6.07) is 0. The summed E-state index contributed by atoms with van der Waals surface area (Å²) in [6.45, 7) is 4.69. The van der Waals surface area contributed by atoms with Crippen molar-refractivity contribution < 1.29 is 19.1 Å². The van der Waals surface area contributed by atoms with E-state index in [1.807, 2.05) is 19.9 Å². The first-order valence-electron chi connectivity index (χ1n) is 6.74. The van der Waals surface area contributed by atoms with Crippen molar-refractivity contribution >= 4 is 11.9 Å². The van der Waals surface area contributed by atoms with Gasteiger partial charge >= 0.3 is 11.9 Å². The average molecular weight is 254 g/mol. The molecule has 0 aromatic heterocycles. The number of hydrogen-bond donors (Lipinski definition) is 0. The zero-order chi connectivity index (χ0) is 13.4. The van der Waals surface area contributed by atoms with Crippen LogP contribution in [0.25, 0.3) is 0 Å². The molecule has 1 atom stereocenters. The Morgan fingerprint density at radius 1 is 1.22 bits per heavy atom. The predicted octanol–water partition coefficient (Wildman–Crippen LogP) is 2.62. The number of hydrogen-bond acceptors (Lipinski definition) is 4. The van der Waals surface area contributed by atoms with Crippen molar-refractivity contribution in [3.8, 4) is 0 Å². The lowest BCUT2D eigenvalue weighted by atomic mass is 9.87. The summed E-state index contributed by atoms with van der Waals surface area (Å²) < 4.78 is 10.2. The van der Waals surface area contributed by atoms with Gasteiger partial charge < -0.3 is 9.47 Å². The van der Waals surface area contributed by atoms with Crippen LogP contribution in [-0.2, 0) is 19.1 Å². The zero-order valence-corrected chi connectivity index (χ0v) is 11.2. The van der Waals surface area contributed by atoms with Crippen molar-refractivity contribution in [2.24, 2.45) is 5.92 Å². The molecule has 102 valence electrons. The van der Waals surface area contributed by atoms with Gasteiger partial charge in [-0.05, 0) is 32.1 Å². The Morgan fingerprint density at radius 2 is 1.89 bits per heavy atom. The second-order valence-corrected chi connectivity index (χ2v) is 4.45. The monoisotopic (exact) mass is 254 g/mol. The normalized spacial score (nSPS) is 19.0. The van der Waals surface area contributed by atoms with Gasteiger partial charge in [0.25, 0.3) is 0 Å². The minimum atomic E-state index is -0.436. The molecule has 0 N–H and O–H groups in total. The molecule has 1 unspecified atom stereocenters. The molecule has 0 saturated carbocycles. The Bertz CT molecular complexity index is 320. The van der Waals surface area contributed by atoms with E-state index in [9.17, 15) is 9.59 Å². The summed E-state index contributed by atoms with van der Waals surface area (Å²) in [5.41, 5.74) is 0.482. The molecule has 18 heavy (non-hydrogen) atoms. The maximum Gasteiger partial charge on any atom is 0.334 e. The third kappa shape index (κ3) is 4.17. The Kier molecular flexibility index (Phi) is 6.47. The van der Waals surface area contributed by atoms with Gasteiger partial charge in [-0.15, -0.1) is 0 Å². The second kappa shape index (κ2) is 7.90. The molecule has 0 spiro atoms. The van der Waals surface area contributed by atoms with Gasteiger partial charge in [0.15, 0.2) is 0 Å². The van der Waals surface area contributed by atoms with Crippen LogP contribution in [0, 0.1) is 5.92 Å². The molecule has 0 amide bonds. The summed E-state index contributed by atoms with van der Waals surface area (Å²) in [5, 5.41) is 0. The van der Waals surface area contributed by atoms with E-state index < -0.39 is 5.92 Å². The highest BCUT2D eigenvalue weighted by molar-refractivity contribution is 5.95. The molecule has 0 bridgehead atoms. The average Bonchev–Trinajstić information content (AvgIpc) is 2.42. The lowest BCUT2D eigenvalue weighted by Gasteiger charge is -2.21. The molecular weight excluding hydrogens is 232 g/mol. The van der Waals surface area contributed by atoms with E-state index in [2.05, 4.69) is 0 Å². The number of rotatable bonds is 6. The van der Waals surface area contributed by atoms with Gasteiger partial charge in [-0.1, -0.05) is 19.9 Å². The fourth-order valence-corrected chi connectivity index (χ4v) is 1.93. The molecule has 0 aromatic rings. The quantitative estimate of drug-likeness (QED) is 0.684. The first kappa shape index (κ1) is 14.7. The first-order valence-corrected chi connectivity index (χ1v) is 6.74. The maximum absolute atomic E-state index is 11.9. The molecular formula is C14H22O4. The van der Waals surface area contributed by atoms with Crippen molar-refractivity contribution in [1.82, 2.24) is 0 Å². The Labute approximate surface area is 108 Å². The van der Waals surface area contributed by atoms with Crippen LogP contribution in [0.15, 0.2) is 11.6 Å². The summed E-state index contributed by atoms with van der Waals surface area (Å²) in [5.74, 6) is -1.10. The molecule has 4 heteroatoms. The van der Waals surface area contributed by atoms with Crippen molar-refractivity contribution in [3.63, 3.8) is 0 Å². The lowest BCUT2D eigenvalue weighted by molar-refractivity contribution is -0.151. The topological polar surface area (TPSA) is 52.6 Å². The third-order valence-corrected chi connectivity index (χ3v) is 2.84. The number of carbonyl (C=O) groups is 2. The van der Waals surface area contributed by atoms with Gasteiger partial charge in [0, 0.05) is 5.57 Å². The van der Waals surface area contributed by atoms with Gasteiger partial charge in [0.05, 0.1) is 19.1 Å². The fraction of sp³-hybridized carbons (Fsp3) is 0.714. The zero-order valence-electron chi connectivity index (χ0n) is 11.2. The molecule has 1 rings (SSSR count). The number of carbonyl (C=O) groups excluding carboxylic acids is 2. The van der Waals surface area contributed by atoms with Crippen LogP contribution in [0.4, 0.5) is 0 Å². The van der Waals surface area contributed by atoms with Crippen LogP contribution < -0.4 is 0 Å². The van der Waals surface area contributed by atoms with E-state index in [0.29, 0.717) is 25.2 Å². The summed E-state index contributed by atoms with van der Waals surface area (Å²) in [6.07, 6.45) is 5.81. The lowest BCUT2D eigenvalue weighted by Crippen LogP contribution is -2.27. The molecule has 0 fully saturated rings. The number of ether oxygens (including phenoxy) is 2. The van der Waals surface area contributed by atoms with E-state index in [-0.39, 0.29) is 11.9 Å². The largest absolute Gasteiger partial charge is 0.465 e. The fourth-order valence-electron chi connectivity index (χ4n) is 1.93. The molecule has 0 saturated heterocycles. The molecule has 0 radical (unpaired) electrons. The Balaban J connectivity index is 2.64. The van der Waals surface area contributed by atoms with Crippen LogP contribution in [-0.4, -0.2) is 25.2 Å². The standard InChI is InChI=1S/C14H22O4/c1-3-9-17-13(15)11-7-5-6-8-12(11)14(16)18-10-4-2/h7,12H,3-6,8-10H2,1-2H3. The summed E-state index contributed by atoms with van der Waals surface area (Å²) in [7, 11) is 0. The SMILES string of the molecule is CCCOC(=O)C1=CCCCC1C(=O)OCCC. The molecule has 4 nitrogen and oxygen atoms in total. The Hall–Kier alpha value is -1.32. The molecule has 0 aromatic carbocycles. The first-order chi connectivity index (χ1) is 8.70. The molecule has 1 aliphatic carbocycles. The van der Waals surface area contributed by atoms with E-state index in [1.165, 1.54) is 0 Å². The minimum absolute atomic E-state index is 0.295. The van der Waals surface area contributed by atoms with Crippen molar-refractivity contribution in [1.29, 1.82) is 0 Å². The van der Waals surface area contributed by atoms with Crippen molar-refractivity contribution in [3.05, 3.63) is 11.6 Å². The van der Waals surface area contributed by atoms with E-state index in [4.69, 9.17) is 9.47 Å². The van der Waals surface area contributed by atoms with Gasteiger partial charge in [-0.25, -0.2) is 4.79 Å². The number of allylic oxidation sites excluding steroid dienone is 1. The van der Waals surface area contributed by atoms with E-state index >= 15 is 0 Å². The Morgan fingerprint density at radius 3 is 2.56 bits per heavy atom. The van der Waals surface area contributed by atoms with Crippen LogP contribution in [0.3, 0.4) is 0 Å². The third-order valence-electron chi connectivity index (χ3n) is 2.84. The van der Waals surface area contributed by atoms with Crippen LogP contribution in [0.5, 0.6) is 0 Å². The van der Waals surface area contributed by atoms with E-state index in [0.717, 1.165) is 25.7 Å². The summed E-state index contributed by atoms with van der Waals surface area (Å²) in [4.78, 5) is 23.7. The van der Waals surface area contributed by atoms with Crippen LogP contribution in [0.1, 0.15) is 46.0 Å². The van der Waals surface area contributed by atoms with Crippen molar-refractivity contribution in [2.75, 3.05) is 13.2 Å². The highest BCUT2D eigenvalue weighted by atomic mass is 16.5. The smallest absolute Gasteiger partial charge is 0.334 e. The van der Waals surface area contributed by atoms with Gasteiger partial charge in [-0.2, -0.15) is 0 Å². The predicted molar refractivity (Wildman–Crippen MR) is 67.9 cm³/mol. The summed E-state index contributed by atoms with van der Waals surface area (Å²) >= 11 is 0. The number of esters is 2. The highest BCUT2D eigenvalue weighted by Crippen LogP contribution is 2.27. The molecule has 0 heterocycles. The minimum Gasteiger partial charge on any atom is -0.465 e. The highest BCUT2D eigenvalue weighted by Gasteiger charge is 2.31. The van der Waals surface area contributed by atoms with Crippen molar-refractivity contribution in [2.45, 2.75) is 46.0 Å². The van der Waals surface area contributed by atoms with Gasteiger partial charge in [0.1, 0.15) is 0 Å². The second-order valence-electron chi connectivity index (χ2n) is 4.45.